The molecule has 0 radical (unpaired) electrons. The normalized spacial score (nSPS) is 14.6. The van der Waals surface area contributed by atoms with Crippen molar-refractivity contribution in [2.24, 2.45) is 0 Å². The number of hydrogen-bond acceptors (Lipinski definition) is 10. The van der Waals surface area contributed by atoms with Gasteiger partial charge in [-0.15, -0.1) is 0 Å². The van der Waals surface area contributed by atoms with Crippen LogP contribution < -0.4 is 0 Å². The lowest BCUT2D eigenvalue weighted by Crippen LogP contribution is -2.29. The van der Waals surface area contributed by atoms with E-state index in [1.54, 1.807) is 0 Å². The predicted molar refractivity (Wildman–Crippen MR) is 234 cm³/mol. The maximum atomic E-state index is 12.6. The van der Waals surface area contributed by atoms with Crippen molar-refractivity contribution in [1.82, 2.24) is 0 Å². The Morgan fingerprint density at radius 2 is 0.966 bits per heavy atom. The molecule has 0 aliphatic carbocycles. The van der Waals surface area contributed by atoms with Crippen LogP contribution in [0.3, 0.4) is 0 Å². The van der Waals surface area contributed by atoms with Gasteiger partial charge in [0.15, 0.2) is 6.10 Å². The molecular weight excluding hydrogens is 759 g/mol. The summed E-state index contributed by atoms with van der Waals surface area (Å²) in [6.07, 6.45) is 47.1. The van der Waals surface area contributed by atoms with E-state index in [0.717, 1.165) is 89.9 Å². The molecule has 0 heterocycles. The minimum atomic E-state index is -4.65. The molecule has 0 amide bonds. The molecule has 0 aromatic rings. The summed E-state index contributed by atoms with van der Waals surface area (Å²) in [6.45, 7) is 0.242. The average molecular weight is 837 g/mol. The van der Waals surface area contributed by atoms with Gasteiger partial charge >= 0.3 is 19.8 Å². The highest BCUT2D eigenvalue weighted by Crippen LogP contribution is 2.43. The second-order valence-electron chi connectivity index (χ2n) is 14.1. The number of ether oxygens (including phenoxy) is 2. The first-order chi connectivity index (χ1) is 28.2. The van der Waals surface area contributed by atoms with Crippen molar-refractivity contribution < 1.29 is 52.9 Å². The van der Waals surface area contributed by atoms with Gasteiger partial charge in [-0.05, 0) is 96.3 Å². The summed E-state index contributed by atoms with van der Waals surface area (Å²) in [5.74, 6) is -1.04. The van der Waals surface area contributed by atoms with E-state index in [4.69, 9.17) is 24.2 Å². The highest BCUT2D eigenvalue weighted by Gasteiger charge is 2.27. The van der Waals surface area contributed by atoms with Crippen LogP contribution in [-0.2, 0) is 32.7 Å². The molecule has 0 saturated carbocycles. The molecule has 0 spiro atoms. The number of esters is 2. The van der Waals surface area contributed by atoms with E-state index in [0.29, 0.717) is 19.3 Å². The SMILES string of the molecule is CCCCC/C=C\C/C=C\C/C=C\CCCCCCC(=O)OC[C@H](COP(=O)(O)OC[C@@H](O)CO)OC(=O)CCC/C=C\C/C=C\C/C=C\C/C=C\CCCCCO. The summed E-state index contributed by atoms with van der Waals surface area (Å²) in [6, 6.07) is 0. The summed E-state index contributed by atoms with van der Waals surface area (Å²) < 4.78 is 32.6. The molecule has 3 atom stereocenters. The minimum Gasteiger partial charge on any atom is -0.462 e. The third-order valence-corrected chi connectivity index (χ3v) is 9.53. The van der Waals surface area contributed by atoms with Crippen LogP contribution in [-0.4, -0.2) is 77.4 Å². The number of hydrogen-bond donors (Lipinski definition) is 4. The summed E-state index contributed by atoms with van der Waals surface area (Å²) in [5, 5.41) is 27.1. The van der Waals surface area contributed by atoms with Crippen molar-refractivity contribution in [3.63, 3.8) is 0 Å². The maximum absolute atomic E-state index is 12.6. The molecule has 1 unspecified atom stereocenters. The number of rotatable bonds is 40. The monoisotopic (exact) mass is 837 g/mol. The molecule has 0 aromatic carbocycles. The number of carbonyl (C=O) groups excluding carboxylic acids is 2. The third kappa shape index (κ3) is 41.3. The molecule has 4 N–H and O–H groups in total. The topological polar surface area (TPSA) is 169 Å². The first kappa shape index (κ1) is 55.1. The van der Waals surface area contributed by atoms with E-state index in [2.05, 4.69) is 84.4 Å². The Balaban J connectivity index is 4.45. The predicted octanol–water partition coefficient (Wildman–Crippen LogP) is 10.4. The van der Waals surface area contributed by atoms with E-state index in [-0.39, 0.29) is 26.1 Å². The lowest BCUT2D eigenvalue weighted by Gasteiger charge is -2.20. The van der Waals surface area contributed by atoms with Crippen molar-refractivity contribution in [2.45, 2.75) is 160 Å². The van der Waals surface area contributed by atoms with Crippen molar-refractivity contribution >= 4 is 19.8 Å². The van der Waals surface area contributed by atoms with Crippen molar-refractivity contribution in [2.75, 3.05) is 33.0 Å². The van der Waals surface area contributed by atoms with Gasteiger partial charge in [0, 0.05) is 19.4 Å². The Morgan fingerprint density at radius 1 is 0.534 bits per heavy atom. The van der Waals surface area contributed by atoms with Gasteiger partial charge in [-0.25, -0.2) is 4.57 Å². The van der Waals surface area contributed by atoms with Gasteiger partial charge in [-0.3, -0.25) is 18.6 Å². The van der Waals surface area contributed by atoms with Gasteiger partial charge in [-0.2, -0.15) is 0 Å². The van der Waals surface area contributed by atoms with Gasteiger partial charge in [0.05, 0.1) is 19.8 Å². The molecule has 0 saturated heterocycles. The van der Waals surface area contributed by atoms with Crippen LogP contribution in [0.25, 0.3) is 0 Å². The van der Waals surface area contributed by atoms with E-state index in [1.807, 2.05) is 12.2 Å². The molecule has 58 heavy (non-hydrogen) atoms. The Bertz CT molecular complexity index is 1240. The fourth-order valence-corrected chi connectivity index (χ4v) is 5.99. The van der Waals surface area contributed by atoms with Crippen LogP contribution in [0, 0.1) is 0 Å². The molecule has 11 nitrogen and oxygen atoms in total. The Labute approximate surface area is 350 Å². The second kappa shape index (κ2) is 42.2. The van der Waals surface area contributed by atoms with Crippen LogP contribution in [0.4, 0.5) is 0 Å². The van der Waals surface area contributed by atoms with Crippen LogP contribution in [0.5, 0.6) is 0 Å². The highest BCUT2D eigenvalue weighted by molar-refractivity contribution is 7.47. The third-order valence-electron chi connectivity index (χ3n) is 8.58. The van der Waals surface area contributed by atoms with Crippen LogP contribution >= 0.6 is 7.82 Å². The van der Waals surface area contributed by atoms with Crippen LogP contribution in [0.15, 0.2) is 85.1 Å². The smallest absolute Gasteiger partial charge is 0.462 e. The lowest BCUT2D eigenvalue weighted by atomic mass is 10.1. The average Bonchev–Trinajstić information content (AvgIpc) is 3.21. The molecule has 0 aliphatic heterocycles. The molecule has 0 aromatic heterocycles. The summed E-state index contributed by atoms with van der Waals surface area (Å²) in [5.41, 5.74) is 0. The van der Waals surface area contributed by atoms with Gasteiger partial charge in [0.25, 0.3) is 0 Å². The minimum absolute atomic E-state index is 0.0885. The Morgan fingerprint density at radius 3 is 1.47 bits per heavy atom. The first-order valence-electron chi connectivity index (χ1n) is 21.7. The Hall–Kier alpha value is -2.89. The molecule has 12 heteroatoms. The number of allylic oxidation sites excluding steroid dienone is 14. The molecule has 0 rings (SSSR count). The number of aliphatic hydroxyl groups excluding tert-OH is 3. The molecule has 0 bridgehead atoms. The summed E-state index contributed by atoms with van der Waals surface area (Å²) >= 11 is 0. The summed E-state index contributed by atoms with van der Waals surface area (Å²) in [7, 11) is -4.65. The number of unbranched alkanes of at least 4 members (excludes halogenated alkanes) is 11. The van der Waals surface area contributed by atoms with Gasteiger partial charge < -0.3 is 29.7 Å². The van der Waals surface area contributed by atoms with E-state index in [9.17, 15) is 24.2 Å². The van der Waals surface area contributed by atoms with Crippen molar-refractivity contribution in [3.8, 4) is 0 Å². The maximum Gasteiger partial charge on any atom is 0.472 e. The quantitative estimate of drug-likeness (QED) is 0.0201. The first-order valence-corrected chi connectivity index (χ1v) is 23.1. The second-order valence-corrected chi connectivity index (χ2v) is 15.5. The summed E-state index contributed by atoms with van der Waals surface area (Å²) in [4.78, 5) is 35.0. The zero-order valence-corrected chi connectivity index (χ0v) is 36.3. The fourth-order valence-electron chi connectivity index (χ4n) is 5.21. The van der Waals surface area contributed by atoms with Gasteiger partial charge in [0.1, 0.15) is 12.7 Å². The standard InChI is InChI=1S/C46H77O11P/c1-2-3-4-5-6-7-8-9-10-12-15-18-21-24-27-30-33-36-45(50)54-41-44(42-56-58(52,53)55-40-43(49)39-48)57-46(51)37-34-31-28-25-22-19-16-13-11-14-17-20-23-26-29-32-35-38-47/h6-7,9-11,14-16,18-20,23,25,28,43-44,47-49H,2-5,8,12-13,17,21-22,24,26-27,29-42H2,1H3,(H,52,53)/b7-6-,10-9-,14-11-,18-15-,19-16-,23-20-,28-25-/t43-,44+/m0/s1. The lowest BCUT2D eigenvalue weighted by molar-refractivity contribution is -0.161. The van der Waals surface area contributed by atoms with E-state index >= 15 is 0 Å². The van der Waals surface area contributed by atoms with Gasteiger partial charge in [-0.1, -0.05) is 124 Å². The molecule has 0 aliphatic rings. The van der Waals surface area contributed by atoms with Crippen molar-refractivity contribution in [1.29, 1.82) is 0 Å². The van der Waals surface area contributed by atoms with E-state index in [1.165, 1.54) is 19.3 Å². The largest absolute Gasteiger partial charge is 0.472 e. The van der Waals surface area contributed by atoms with Crippen molar-refractivity contribution in [3.05, 3.63) is 85.1 Å². The number of carbonyl (C=O) groups is 2. The Kier molecular flexibility index (Phi) is 40.1. The van der Waals surface area contributed by atoms with Crippen LogP contribution in [0.1, 0.15) is 148 Å². The zero-order chi connectivity index (χ0) is 42.6. The molecular formula is C46H77O11P. The van der Waals surface area contributed by atoms with Crippen LogP contribution in [0.2, 0.25) is 0 Å². The molecule has 332 valence electrons. The molecule has 0 fully saturated rings. The number of phosphoric acid groups is 1. The number of phosphoric ester groups is 1. The zero-order valence-electron chi connectivity index (χ0n) is 35.4. The van der Waals surface area contributed by atoms with E-state index < -0.39 is 51.8 Å². The van der Waals surface area contributed by atoms with Gasteiger partial charge in [0.2, 0.25) is 0 Å². The fraction of sp³-hybridized carbons (Fsp3) is 0.652. The highest BCUT2D eigenvalue weighted by atomic mass is 31.2. The number of aliphatic hydroxyl groups is 3.